The normalized spacial score (nSPS) is 10.2. The number of ketones is 1. The van der Waals surface area contributed by atoms with Gasteiger partial charge >= 0.3 is 0 Å². The van der Waals surface area contributed by atoms with Crippen molar-refractivity contribution >= 4 is 21.7 Å². The predicted molar refractivity (Wildman–Crippen MR) is 76.5 cm³/mol. The molecular weight excluding hydrogens is 276 g/mol. The van der Waals surface area contributed by atoms with E-state index in [-0.39, 0.29) is 5.78 Å². The van der Waals surface area contributed by atoms with Crippen LogP contribution in [0.4, 0.5) is 0 Å². The zero-order chi connectivity index (χ0) is 12.7. The van der Waals surface area contributed by atoms with Crippen LogP contribution in [0.2, 0.25) is 0 Å². The highest BCUT2D eigenvalue weighted by Gasteiger charge is 2.06. The lowest BCUT2D eigenvalue weighted by Crippen LogP contribution is -1.99. The number of halogens is 1. The van der Waals surface area contributed by atoms with E-state index in [2.05, 4.69) is 22.5 Å². The van der Waals surface area contributed by atoms with Crippen molar-refractivity contribution in [2.75, 3.05) is 0 Å². The molecule has 0 bridgehead atoms. The lowest BCUT2D eigenvalue weighted by Gasteiger charge is -2.03. The highest BCUT2D eigenvalue weighted by Crippen LogP contribution is 2.19. The molecule has 0 saturated heterocycles. The van der Waals surface area contributed by atoms with Crippen LogP contribution in [-0.4, -0.2) is 5.78 Å². The fraction of sp³-hybridized carbons (Fsp3) is 0.400. The molecule has 0 aliphatic rings. The topological polar surface area (TPSA) is 17.1 Å². The molecule has 0 fully saturated rings. The highest BCUT2D eigenvalue weighted by atomic mass is 79.9. The Morgan fingerprint density at radius 2 is 2.12 bits per heavy atom. The van der Waals surface area contributed by atoms with Crippen LogP contribution in [0.15, 0.2) is 35.3 Å². The second kappa shape index (κ2) is 7.44. The van der Waals surface area contributed by atoms with Gasteiger partial charge in [-0.3, -0.25) is 4.79 Å². The molecule has 17 heavy (non-hydrogen) atoms. The first kappa shape index (κ1) is 14.2. The summed E-state index contributed by atoms with van der Waals surface area (Å²) in [5.41, 5.74) is 1.97. The monoisotopic (exact) mass is 294 g/mol. The molecule has 0 N–H and O–H groups in total. The number of rotatable bonds is 7. The zero-order valence-corrected chi connectivity index (χ0v) is 11.9. The highest BCUT2D eigenvalue weighted by molar-refractivity contribution is 9.10. The number of unbranched alkanes of at least 4 members (excludes halogenated alkanes) is 3. The van der Waals surface area contributed by atoms with E-state index in [1.54, 1.807) is 0 Å². The van der Waals surface area contributed by atoms with E-state index in [1.165, 1.54) is 0 Å². The maximum Gasteiger partial charge on any atom is 0.162 e. The van der Waals surface area contributed by atoms with Gasteiger partial charge in [-0.2, -0.15) is 0 Å². The van der Waals surface area contributed by atoms with Crippen LogP contribution in [0.1, 0.15) is 48.0 Å². The summed E-state index contributed by atoms with van der Waals surface area (Å²) in [5, 5.41) is 0. The molecule has 0 radical (unpaired) electrons. The van der Waals surface area contributed by atoms with Gasteiger partial charge in [0.25, 0.3) is 0 Å². The van der Waals surface area contributed by atoms with Gasteiger partial charge in [-0.15, -0.1) is 6.58 Å². The molecular formula is C15H19BrO. The van der Waals surface area contributed by atoms with Crippen LogP contribution < -0.4 is 0 Å². The Hall–Kier alpha value is -0.890. The molecule has 2 heteroatoms. The number of carbonyl (C=O) groups excluding carboxylic acids is 1. The van der Waals surface area contributed by atoms with Gasteiger partial charge in [-0.1, -0.05) is 40.6 Å². The summed E-state index contributed by atoms with van der Waals surface area (Å²) >= 11 is 3.45. The number of hydrogen-bond donors (Lipinski definition) is 0. The Bertz CT molecular complexity index is 396. The second-order valence-electron chi connectivity index (χ2n) is 4.28. The Balaban J connectivity index is 2.41. The molecule has 0 atom stereocenters. The van der Waals surface area contributed by atoms with Crippen LogP contribution in [0.5, 0.6) is 0 Å². The summed E-state index contributed by atoms with van der Waals surface area (Å²) < 4.78 is 1.01. The second-order valence-corrected chi connectivity index (χ2v) is 5.13. The van der Waals surface area contributed by atoms with Crippen LogP contribution >= 0.6 is 15.9 Å². The molecule has 0 aliphatic carbocycles. The fourth-order valence-corrected chi connectivity index (χ4v) is 2.04. The minimum absolute atomic E-state index is 0.240. The molecule has 0 saturated carbocycles. The Morgan fingerprint density at radius 3 is 2.76 bits per heavy atom. The van der Waals surface area contributed by atoms with E-state index in [1.807, 2.05) is 31.2 Å². The third kappa shape index (κ3) is 4.86. The first-order valence-corrected chi connectivity index (χ1v) is 6.84. The lowest BCUT2D eigenvalue weighted by molar-refractivity contribution is 0.0979. The van der Waals surface area contributed by atoms with Crippen molar-refractivity contribution < 1.29 is 4.79 Å². The largest absolute Gasteiger partial charge is 0.294 e. The number of hydrogen-bond acceptors (Lipinski definition) is 1. The minimum atomic E-state index is 0.240. The van der Waals surface area contributed by atoms with E-state index in [0.717, 1.165) is 41.3 Å². The Morgan fingerprint density at radius 1 is 1.35 bits per heavy atom. The SMILES string of the molecule is C=CCCCCCC(=O)c1ccc(C)c(Br)c1. The van der Waals surface area contributed by atoms with E-state index in [9.17, 15) is 4.79 Å². The number of carbonyl (C=O) groups is 1. The number of Topliss-reactive ketones (excluding diaryl/α,β-unsaturated/α-hetero) is 1. The van der Waals surface area contributed by atoms with Crippen molar-refractivity contribution in [3.8, 4) is 0 Å². The van der Waals surface area contributed by atoms with Crippen molar-refractivity contribution in [2.24, 2.45) is 0 Å². The quantitative estimate of drug-likeness (QED) is 0.389. The number of allylic oxidation sites excluding steroid dienone is 1. The molecule has 0 aliphatic heterocycles. The summed E-state index contributed by atoms with van der Waals surface area (Å²) in [6.45, 7) is 5.71. The predicted octanol–water partition coefficient (Wildman–Crippen LogP) is 5.08. The van der Waals surface area contributed by atoms with Crippen molar-refractivity contribution in [3.63, 3.8) is 0 Å². The van der Waals surface area contributed by atoms with E-state index >= 15 is 0 Å². The van der Waals surface area contributed by atoms with E-state index < -0.39 is 0 Å². The van der Waals surface area contributed by atoms with Gasteiger partial charge in [0, 0.05) is 16.5 Å². The van der Waals surface area contributed by atoms with Crippen LogP contribution in [0.25, 0.3) is 0 Å². The van der Waals surface area contributed by atoms with Gasteiger partial charge in [0.15, 0.2) is 5.78 Å². The van der Waals surface area contributed by atoms with Crippen LogP contribution in [-0.2, 0) is 0 Å². The third-order valence-electron chi connectivity index (χ3n) is 2.81. The first-order chi connectivity index (χ1) is 8.15. The molecule has 0 aromatic heterocycles. The average molecular weight is 295 g/mol. The molecule has 0 heterocycles. The Kier molecular flexibility index (Phi) is 6.20. The van der Waals surface area contributed by atoms with Gasteiger partial charge in [0.2, 0.25) is 0 Å². The van der Waals surface area contributed by atoms with Gasteiger partial charge in [0.05, 0.1) is 0 Å². The Labute approximate surface area is 112 Å². The maximum atomic E-state index is 11.9. The first-order valence-electron chi connectivity index (χ1n) is 6.05. The van der Waals surface area contributed by atoms with Gasteiger partial charge < -0.3 is 0 Å². The molecule has 0 amide bonds. The standard InChI is InChI=1S/C15H19BrO/c1-3-4-5-6-7-8-15(17)13-10-9-12(2)14(16)11-13/h3,9-11H,1,4-8H2,2H3. The zero-order valence-electron chi connectivity index (χ0n) is 10.3. The third-order valence-corrected chi connectivity index (χ3v) is 3.66. The van der Waals surface area contributed by atoms with Crippen molar-refractivity contribution in [2.45, 2.75) is 39.0 Å². The number of aryl methyl sites for hydroxylation is 1. The van der Waals surface area contributed by atoms with Gasteiger partial charge in [-0.05, 0) is 37.8 Å². The molecule has 0 unspecified atom stereocenters. The summed E-state index contributed by atoms with van der Waals surface area (Å²) in [7, 11) is 0. The van der Waals surface area contributed by atoms with Crippen molar-refractivity contribution in [1.29, 1.82) is 0 Å². The van der Waals surface area contributed by atoms with Crippen LogP contribution in [0, 0.1) is 6.92 Å². The molecule has 1 nitrogen and oxygen atoms in total. The average Bonchev–Trinajstić information content (AvgIpc) is 2.32. The van der Waals surface area contributed by atoms with Gasteiger partial charge in [0.1, 0.15) is 0 Å². The van der Waals surface area contributed by atoms with E-state index in [4.69, 9.17) is 0 Å². The summed E-state index contributed by atoms with van der Waals surface area (Å²) in [6.07, 6.45) is 6.83. The van der Waals surface area contributed by atoms with Crippen LogP contribution in [0.3, 0.4) is 0 Å². The van der Waals surface area contributed by atoms with E-state index in [0.29, 0.717) is 6.42 Å². The summed E-state index contributed by atoms with van der Waals surface area (Å²) in [4.78, 5) is 11.9. The fourth-order valence-electron chi connectivity index (χ4n) is 1.66. The summed E-state index contributed by atoms with van der Waals surface area (Å²) in [6, 6.07) is 5.81. The van der Waals surface area contributed by atoms with Crippen molar-refractivity contribution in [1.82, 2.24) is 0 Å². The van der Waals surface area contributed by atoms with Crippen molar-refractivity contribution in [3.05, 3.63) is 46.5 Å². The lowest BCUT2D eigenvalue weighted by atomic mass is 10.0. The molecule has 1 aromatic rings. The maximum absolute atomic E-state index is 11.9. The molecule has 0 spiro atoms. The minimum Gasteiger partial charge on any atom is -0.294 e. The molecule has 1 rings (SSSR count). The van der Waals surface area contributed by atoms with Gasteiger partial charge in [-0.25, -0.2) is 0 Å². The molecule has 92 valence electrons. The smallest absolute Gasteiger partial charge is 0.162 e. The summed E-state index contributed by atoms with van der Waals surface area (Å²) in [5.74, 6) is 0.240. The molecule has 1 aromatic carbocycles. The number of benzene rings is 1.